The van der Waals surface area contributed by atoms with Crippen molar-refractivity contribution in [3.8, 4) is 21.1 Å². The summed E-state index contributed by atoms with van der Waals surface area (Å²) in [6, 6.07) is 8.91. The molecule has 0 atom stereocenters. The molecule has 0 saturated carbocycles. The van der Waals surface area contributed by atoms with Gasteiger partial charge in [-0.3, -0.25) is 9.97 Å². The zero-order chi connectivity index (χ0) is 23.1. The molecule has 164 valence electrons. The zero-order valence-corrected chi connectivity index (χ0v) is 20.9. The lowest BCUT2D eigenvalue weighted by molar-refractivity contribution is 1.33. The van der Waals surface area contributed by atoms with E-state index in [4.69, 9.17) is 9.97 Å². The van der Waals surface area contributed by atoms with Crippen molar-refractivity contribution in [2.24, 2.45) is 0 Å². The van der Waals surface area contributed by atoms with Crippen LogP contribution in [0.15, 0.2) is 47.7 Å². The van der Waals surface area contributed by atoms with Crippen LogP contribution in [0.1, 0.15) is 22.3 Å². The fourth-order valence-electron chi connectivity index (χ4n) is 5.54. The Hall–Kier alpha value is -3.48. The molecule has 0 aliphatic rings. The van der Waals surface area contributed by atoms with Crippen LogP contribution >= 0.6 is 22.7 Å². The molecule has 4 aromatic heterocycles. The normalized spacial score (nSPS) is 12.1. The highest BCUT2D eigenvalue weighted by Crippen LogP contribution is 2.45. The first-order valence-corrected chi connectivity index (χ1v) is 13.0. The van der Waals surface area contributed by atoms with Gasteiger partial charge in [-0.2, -0.15) is 0 Å². The molecule has 34 heavy (non-hydrogen) atoms. The Kier molecular flexibility index (Phi) is 4.11. The minimum Gasteiger partial charge on any atom is -0.252 e. The molecule has 0 unspecified atom stereocenters. The van der Waals surface area contributed by atoms with Crippen LogP contribution in [0.25, 0.3) is 64.5 Å². The van der Waals surface area contributed by atoms with Crippen molar-refractivity contribution < 1.29 is 0 Å². The van der Waals surface area contributed by atoms with E-state index in [0.717, 1.165) is 42.9 Å². The van der Waals surface area contributed by atoms with E-state index in [0.29, 0.717) is 0 Å². The molecular formula is C28H20N4S2. The maximum absolute atomic E-state index is 5.30. The summed E-state index contributed by atoms with van der Waals surface area (Å²) in [5.74, 6) is 0. The highest BCUT2D eigenvalue weighted by molar-refractivity contribution is 7.13. The van der Waals surface area contributed by atoms with Gasteiger partial charge in [-0.25, -0.2) is 9.97 Å². The van der Waals surface area contributed by atoms with Gasteiger partial charge in [-0.1, -0.05) is 24.3 Å². The second kappa shape index (κ2) is 7.01. The summed E-state index contributed by atoms with van der Waals surface area (Å²) in [6.45, 7) is 8.75. The standard InChI is InChI=1S/C28H20N4S2/c1-13-5-7-17-23-21(13)15(3)25(19-9-29-11-33-19)31-27(23)18-8-6-14(2)22-16(4)26(20-10-30-12-34-20)32-28(17)24(18)22/h5-12H,1-4H3. The van der Waals surface area contributed by atoms with Crippen molar-refractivity contribution in [2.75, 3.05) is 0 Å². The number of thiazole rings is 2. The SMILES string of the molecule is Cc1ccc2c3nc(-c4cncs4)c(C)c4c(C)ccc(c5nc(-c6cncs6)c(C)c1c25)c43. The molecular weight excluding hydrogens is 456 g/mol. The third-order valence-electron chi connectivity index (χ3n) is 7.05. The number of hydrogen-bond donors (Lipinski definition) is 0. The lowest BCUT2D eigenvalue weighted by Gasteiger charge is -2.20. The van der Waals surface area contributed by atoms with Gasteiger partial charge in [0.1, 0.15) is 0 Å². The molecule has 0 saturated heterocycles. The maximum Gasteiger partial charge on any atom is 0.0861 e. The summed E-state index contributed by atoms with van der Waals surface area (Å²) < 4.78 is 0. The molecule has 7 aromatic rings. The van der Waals surface area contributed by atoms with Crippen LogP contribution in [0.5, 0.6) is 0 Å². The summed E-state index contributed by atoms with van der Waals surface area (Å²) in [5.41, 5.74) is 12.8. The predicted molar refractivity (Wildman–Crippen MR) is 144 cm³/mol. The molecule has 0 spiro atoms. The molecule has 4 heterocycles. The first kappa shape index (κ1) is 19.9. The number of aryl methyl sites for hydroxylation is 4. The van der Waals surface area contributed by atoms with Crippen LogP contribution in [0.3, 0.4) is 0 Å². The van der Waals surface area contributed by atoms with Crippen molar-refractivity contribution in [1.29, 1.82) is 0 Å². The van der Waals surface area contributed by atoms with Crippen LogP contribution in [0, 0.1) is 27.7 Å². The van der Waals surface area contributed by atoms with Gasteiger partial charge >= 0.3 is 0 Å². The number of fused-ring (bicyclic) bond motifs is 2. The van der Waals surface area contributed by atoms with E-state index >= 15 is 0 Å². The van der Waals surface area contributed by atoms with Crippen LogP contribution in [-0.4, -0.2) is 19.9 Å². The number of nitrogens with zero attached hydrogens (tertiary/aromatic N) is 4. The lowest BCUT2D eigenvalue weighted by atomic mass is 9.88. The van der Waals surface area contributed by atoms with Crippen molar-refractivity contribution in [3.05, 3.63) is 69.9 Å². The fraction of sp³-hybridized carbons (Fsp3) is 0.143. The Morgan fingerprint density at radius 2 is 1.00 bits per heavy atom. The molecule has 0 aliphatic heterocycles. The van der Waals surface area contributed by atoms with Crippen LogP contribution in [0.4, 0.5) is 0 Å². The molecule has 4 nitrogen and oxygen atoms in total. The molecule has 6 heteroatoms. The summed E-state index contributed by atoms with van der Waals surface area (Å²) in [4.78, 5) is 21.5. The van der Waals surface area contributed by atoms with Gasteiger partial charge < -0.3 is 0 Å². The highest BCUT2D eigenvalue weighted by Gasteiger charge is 2.23. The predicted octanol–water partition coefficient (Wildman–Crippen LogP) is 8.01. The summed E-state index contributed by atoms with van der Waals surface area (Å²) in [5, 5.41) is 7.27. The van der Waals surface area contributed by atoms with Crippen LogP contribution < -0.4 is 0 Å². The summed E-state index contributed by atoms with van der Waals surface area (Å²) in [6.07, 6.45) is 3.85. The quantitative estimate of drug-likeness (QED) is 0.187. The van der Waals surface area contributed by atoms with E-state index in [2.05, 4.69) is 61.9 Å². The Balaban J connectivity index is 1.79. The maximum atomic E-state index is 5.30. The third-order valence-corrected chi connectivity index (χ3v) is 8.61. The molecule has 0 aliphatic carbocycles. The van der Waals surface area contributed by atoms with E-state index in [1.54, 1.807) is 22.7 Å². The molecule has 0 fully saturated rings. The fourth-order valence-corrected chi connectivity index (χ4v) is 6.88. The van der Waals surface area contributed by atoms with Gasteiger partial charge in [0, 0.05) is 33.9 Å². The van der Waals surface area contributed by atoms with Crippen LogP contribution in [0.2, 0.25) is 0 Å². The summed E-state index contributed by atoms with van der Waals surface area (Å²) in [7, 11) is 0. The van der Waals surface area contributed by atoms with E-state index in [-0.39, 0.29) is 0 Å². The third kappa shape index (κ3) is 2.52. The summed E-state index contributed by atoms with van der Waals surface area (Å²) >= 11 is 3.28. The minimum atomic E-state index is 1.02. The number of pyridine rings is 2. The molecule has 0 bridgehead atoms. The van der Waals surface area contributed by atoms with Gasteiger partial charge in [-0.05, 0) is 60.7 Å². The van der Waals surface area contributed by atoms with E-state index in [1.807, 2.05) is 23.4 Å². The largest absolute Gasteiger partial charge is 0.252 e. The first-order valence-electron chi connectivity index (χ1n) is 11.2. The molecule has 7 rings (SSSR count). The molecule has 0 radical (unpaired) electrons. The monoisotopic (exact) mass is 476 g/mol. The van der Waals surface area contributed by atoms with Crippen molar-refractivity contribution in [2.45, 2.75) is 27.7 Å². The van der Waals surface area contributed by atoms with Crippen molar-refractivity contribution >= 4 is 66.0 Å². The lowest BCUT2D eigenvalue weighted by Crippen LogP contribution is -2.00. The van der Waals surface area contributed by atoms with E-state index < -0.39 is 0 Å². The molecule has 0 amide bonds. The molecule has 0 N–H and O–H groups in total. The Bertz CT molecular complexity index is 1740. The number of benzene rings is 3. The second-order valence-electron chi connectivity index (χ2n) is 8.96. The van der Waals surface area contributed by atoms with Gasteiger partial charge in [0.2, 0.25) is 0 Å². The van der Waals surface area contributed by atoms with Crippen molar-refractivity contribution in [3.63, 3.8) is 0 Å². The molecule has 3 aromatic carbocycles. The minimum absolute atomic E-state index is 1.02. The number of rotatable bonds is 2. The Morgan fingerprint density at radius 1 is 0.559 bits per heavy atom. The first-order chi connectivity index (χ1) is 16.5. The highest BCUT2D eigenvalue weighted by atomic mass is 32.1. The van der Waals surface area contributed by atoms with Gasteiger partial charge in [-0.15, -0.1) is 22.7 Å². The number of hydrogen-bond acceptors (Lipinski definition) is 6. The zero-order valence-electron chi connectivity index (χ0n) is 19.2. The Labute approximate surface area is 204 Å². The topological polar surface area (TPSA) is 51.6 Å². The van der Waals surface area contributed by atoms with Gasteiger partial charge in [0.05, 0.1) is 43.2 Å². The van der Waals surface area contributed by atoms with E-state index in [1.165, 1.54) is 43.8 Å². The average Bonchev–Trinajstić information content (AvgIpc) is 3.55. The van der Waals surface area contributed by atoms with Crippen LogP contribution in [-0.2, 0) is 0 Å². The number of aromatic nitrogens is 4. The second-order valence-corrected chi connectivity index (χ2v) is 10.7. The smallest absolute Gasteiger partial charge is 0.0861 e. The van der Waals surface area contributed by atoms with Gasteiger partial charge in [0.15, 0.2) is 0 Å². The van der Waals surface area contributed by atoms with Crippen molar-refractivity contribution in [1.82, 2.24) is 19.9 Å². The average molecular weight is 477 g/mol. The van der Waals surface area contributed by atoms with Gasteiger partial charge in [0.25, 0.3) is 0 Å². The van der Waals surface area contributed by atoms with E-state index in [9.17, 15) is 0 Å². The Morgan fingerprint density at radius 3 is 1.38 bits per heavy atom.